The second-order valence-corrected chi connectivity index (χ2v) is 8.06. The first-order valence-electron chi connectivity index (χ1n) is 9.65. The predicted octanol–water partition coefficient (Wildman–Crippen LogP) is 4.22. The summed E-state index contributed by atoms with van der Waals surface area (Å²) in [5, 5.41) is 10.8. The van der Waals surface area contributed by atoms with E-state index < -0.39 is 0 Å². The summed E-state index contributed by atoms with van der Waals surface area (Å²) in [4.78, 5) is 16.8. The van der Waals surface area contributed by atoms with Crippen LogP contribution in [0.1, 0.15) is 37.6 Å². The minimum absolute atomic E-state index is 0.104. The molecule has 4 rings (SSSR count). The first-order valence-corrected chi connectivity index (χ1v) is 9.65. The van der Waals surface area contributed by atoms with Gasteiger partial charge in [0, 0.05) is 59.8 Å². The Hall–Kier alpha value is -3.13. The molecular formula is C23H24N4O. The van der Waals surface area contributed by atoms with E-state index in [0.717, 1.165) is 22.0 Å². The molecule has 5 nitrogen and oxygen atoms in total. The fourth-order valence-corrected chi connectivity index (χ4v) is 4.09. The van der Waals surface area contributed by atoms with Gasteiger partial charge in [0.05, 0.1) is 12.0 Å². The number of nitriles is 1. The van der Waals surface area contributed by atoms with Crippen molar-refractivity contribution in [2.24, 2.45) is 18.9 Å². The highest BCUT2D eigenvalue weighted by molar-refractivity contribution is 5.97. The molecule has 1 aromatic carbocycles. The third-order valence-corrected chi connectivity index (χ3v) is 5.63. The van der Waals surface area contributed by atoms with Gasteiger partial charge >= 0.3 is 0 Å². The van der Waals surface area contributed by atoms with E-state index in [1.165, 1.54) is 11.3 Å². The molecule has 3 aromatic rings. The van der Waals surface area contributed by atoms with Crippen LogP contribution in [0.3, 0.4) is 0 Å². The van der Waals surface area contributed by atoms with Crippen molar-refractivity contribution in [1.29, 1.82) is 5.26 Å². The van der Waals surface area contributed by atoms with Crippen molar-refractivity contribution in [2.75, 3.05) is 5.73 Å². The third kappa shape index (κ3) is 3.16. The van der Waals surface area contributed by atoms with E-state index in [4.69, 9.17) is 11.0 Å². The monoisotopic (exact) mass is 372 g/mol. The largest absolute Gasteiger partial charge is 0.398 e. The number of aryl methyl sites for hydroxylation is 1. The standard InChI is InChI=1S/C23H24N4O/c1-13(2)23-18(4-5-27(23)3)15-6-14-7-17(26-12-20(14)21(25)9-15)10-22(28)19-8-16(19)11-24/h4-7,9,12-13,16,19H,8,10,25H2,1-3H3/t16-,19+/m0/s1. The van der Waals surface area contributed by atoms with Gasteiger partial charge in [0.15, 0.2) is 0 Å². The normalized spacial score (nSPS) is 18.4. The lowest BCUT2D eigenvalue weighted by Gasteiger charge is -2.13. The zero-order valence-corrected chi connectivity index (χ0v) is 16.4. The first-order chi connectivity index (χ1) is 13.4. The topological polar surface area (TPSA) is 84.7 Å². The molecule has 0 spiro atoms. The molecular weight excluding hydrogens is 348 g/mol. The molecule has 2 atom stereocenters. The van der Waals surface area contributed by atoms with Crippen molar-refractivity contribution in [3.05, 3.63) is 48.0 Å². The summed E-state index contributed by atoms with van der Waals surface area (Å²) < 4.78 is 2.15. The summed E-state index contributed by atoms with van der Waals surface area (Å²) in [6, 6.07) is 10.4. The molecule has 1 aliphatic carbocycles. The van der Waals surface area contributed by atoms with Gasteiger partial charge < -0.3 is 10.3 Å². The minimum Gasteiger partial charge on any atom is -0.398 e. The maximum atomic E-state index is 12.3. The maximum absolute atomic E-state index is 12.3. The van der Waals surface area contributed by atoms with Crippen molar-refractivity contribution in [3.8, 4) is 17.2 Å². The van der Waals surface area contributed by atoms with Crippen molar-refractivity contribution in [1.82, 2.24) is 9.55 Å². The Balaban J connectivity index is 1.71. The number of hydrogen-bond acceptors (Lipinski definition) is 4. The van der Waals surface area contributed by atoms with Crippen molar-refractivity contribution < 1.29 is 4.79 Å². The van der Waals surface area contributed by atoms with Crippen LogP contribution in [0, 0.1) is 23.2 Å². The average Bonchev–Trinajstić information content (AvgIpc) is 3.35. The van der Waals surface area contributed by atoms with E-state index in [2.05, 4.69) is 54.8 Å². The van der Waals surface area contributed by atoms with Crippen LogP contribution in [0.15, 0.2) is 36.7 Å². The summed E-state index contributed by atoms with van der Waals surface area (Å²) in [5.41, 5.74) is 11.3. The highest BCUT2D eigenvalue weighted by Gasteiger charge is 2.42. The van der Waals surface area contributed by atoms with Crippen LogP contribution in [0.5, 0.6) is 0 Å². The number of anilines is 1. The van der Waals surface area contributed by atoms with Gasteiger partial charge in [-0.05, 0) is 47.6 Å². The number of rotatable bonds is 5. The zero-order chi connectivity index (χ0) is 20.0. The Labute approximate surface area is 164 Å². The van der Waals surface area contributed by atoms with E-state index in [0.29, 0.717) is 18.0 Å². The zero-order valence-electron chi connectivity index (χ0n) is 16.4. The molecule has 1 fully saturated rings. The lowest BCUT2D eigenvalue weighted by Crippen LogP contribution is -2.07. The summed E-state index contributed by atoms with van der Waals surface area (Å²) in [6.45, 7) is 4.37. The summed E-state index contributed by atoms with van der Waals surface area (Å²) in [7, 11) is 2.06. The quantitative estimate of drug-likeness (QED) is 0.680. The molecule has 0 saturated heterocycles. The van der Waals surface area contributed by atoms with Gasteiger partial charge in [0.2, 0.25) is 0 Å². The smallest absolute Gasteiger partial charge is 0.143 e. The van der Waals surface area contributed by atoms with E-state index in [9.17, 15) is 4.79 Å². The Bertz CT molecular complexity index is 1120. The molecule has 2 N–H and O–H groups in total. The van der Waals surface area contributed by atoms with Crippen LogP contribution in [0.4, 0.5) is 5.69 Å². The number of ketones is 1. The fourth-order valence-electron chi connectivity index (χ4n) is 4.09. The number of benzene rings is 1. The number of aromatic nitrogens is 2. The number of nitrogens with two attached hydrogens (primary N) is 1. The SMILES string of the molecule is CC(C)c1c(-c2cc(N)c3cnc(CC(=O)[C@@H]4C[C@H]4C#N)cc3c2)ccn1C. The molecule has 5 heteroatoms. The number of pyridine rings is 1. The van der Waals surface area contributed by atoms with E-state index in [1.54, 1.807) is 6.20 Å². The lowest BCUT2D eigenvalue weighted by molar-refractivity contribution is -0.119. The molecule has 0 unspecified atom stereocenters. The van der Waals surface area contributed by atoms with Gasteiger partial charge in [-0.2, -0.15) is 5.26 Å². The number of fused-ring (bicyclic) bond motifs is 1. The van der Waals surface area contributed by atoms with Crippen LogP contribution in [0.25, 0.3) is 21.9 Å². The molecule has 28 heavy (non-hydrogen) atoms. The Morgan fingerprint density at radius 1 is 1.39 bits per heavy atom. The molecule has 0 amide bonds. The molecule has 1 saturated carbocycles. The summed E-state index contributed by atoms with van der Waals surface area (Å²) in [5.74, 6) is 0.274. The van der Waals surface area contributed by atoms with Crippen molar-refractivity contribution in [3.63, 3.8) is 0 Å². The number of nitrogen functional groups attached to an aromatic ring is 1. The van der Waals surface area contributed by atoms with Gasteiger partial charge in [-0.15, -0.1) is 0 Å². The second kappa shape index (κ2) is 6.79. The average molecular weight is 372 g/mol. The van der Waals surface area contributed by atoms with Crippen LogP contribution < -0.4 is 5.73 Å². The van der Waals surface area contributed by atoms with Gasteiger partial charge in [-0.25, -0.2) is 0 Å². The number of hydrogen-bond donors (Lipinski definition) is 1. The van der Waals surface area contributed by atoms with Crippen molar-refractivity contribution >= 4 is 22.2 Å². The minimum atomic E-state index is -0.114. The lowest BCUT2D eigenvalue weighted by atomic mass is 9.96. The van der Waals surface area contributed by atoms with Crippen LogP contribution in [-0.2, 0) is 18.3 Å². The van der Waals surface area contributed by atoms with E-state index >= 15 is 0 Å². The maximum Gasteiger partial charge on any atom is 0.143 e. The number of nitrogens with zero attached hydrogens (tertiary/aromatic N) is 3. The van der Waals surface area contributed by atoms with Gasteiger partial charge in [-0.1, -0.05) is 13.8 Å². The van der Waals surface area contributed by atoms with E-state index in [-0.39, 0.29) is 24.0 Å². The summed E-state index contributed by atoms with van der Waals surface area (Å²) >= 11 is 0. The van der Waals surface area contributed by atoms with Gasteiger partial charge in [-0.3, -0.25) is 9.78 Å². The van der Waals surface area contributed by atoms with Crippen LogP contribution in [-0.4, -0.2) is 15.3 Å². The molecule has 0 radical (unpaired) electrons. The van der Waals surface area contributed by atoms with Crippen LogP contribution in [0.2, 0.25) is 0 Å². The molecule has 2 aromatic heterocycles. The number of carbonyl (C=O) groups excluding carboxylic acids is 1. The summed E-state index contributed by atoms with van der Waals surface area (Å²) in [6.07, 6.45) is 4.78. The molecule has 1 aliphatic rings. The van der Waals surface area contributed by atoms with Gasteiger partial charge in [0.1, 0.15) is 5.78 Å². The molecule has 0 aliphatic heterocycles. The third-order valence-electron chi connectivity index (χ3n) is 5.63. The molecule has 142 valence electrons. The van der Waals surface area contributed by atoms with Crippen LogP contribution >= 0.6 is 0 Å². The van der Waals surface area contributed by atoms with E-state index in [1.807, 2.05) is 12.1 Å². The highest BCUT2D eigenvalue weighted by Crippen LogP contribution is 2.39. The second-order valence-electron chi connectivity index (χ2n) is 8.06. The predicted molar refractivity (Wildman–Crippen MR) is 111 cm³/mol. The first kappa shape index (κ1) is 18.2. The number of Topliss-reactive ketones (excluding diaryl/α,β-unsaturated/α-hetero) is 1. The van der Waals surface area contributed by atoms with Crippen molar-refractivity contribution in [2.45, 2.75) is 32.6 Å². The Morgan fingerprint density at radius 2 is 2.18 bits per heavy atom. The number of carbonyl (C=O) groups is 1. The molecule has 0 bridgehead atoms. The highest BCUT2D eigenvalue weighted by atomic mass is 16.1. The Morgan fingerprint density at radius 3 is 2.86 bits per heavy atom. The molecule has 2 heterocycles. The fraction of sp³-hybridized carbons (Fsp3) is 0.348. The van der Waals surface area contributed by atoms with Gasteiger partial charge in [0.25, 0.3) is 0 Å². The Kier molecular flexibility index (Phi) is 4.43.